The molecule has 2 aromatic rings. The van der Waals surface area contributed by atoms with Gasteiger partial charge in [-0.25, -0.2) is 4.79 Å². The molecule has 0 aliphatic heterocycles. The fourth-order valence-electron chi connectivity index (χ4n) is 1.43. The van der Waals surface area contributed by atoms with Gasteiger partial charge in [-0.15, -0.1) is 0 Å². The Labute approximate surface area is 98.9 Å². The van der Waals surface area contributed by atoms with E-state index >= 15 is 0 Å². The minimum absolute atomic E-state index is 0.255. The average Bonchev–Trinajstić information content (AvgIpc) is 2.71. The maximum absolute atomic E-state index is 12.4. The number of nitrogens with zero attached hydrogens (tertiary/aromatic N) is 2. The summed E-state index contributed by atoms with van der Waals surface area (Å²) in [5.74, 6) is 0. The van der Waals surface area contributed by atoms with E-state index in [9.17, 15) is 18.0 Å². The summed E-state index contributed by atoms with van der Waals surface area (Å²) in [5.41, 5.74) is -1.38. The third-order valence-electron chi connectivity index (χ3n) is 2.30. The lowest BCUT2D eigenvalue weighted by Gasteiger charge is -2.02. The smallest absolute Gasteiger partial charge is 0.302 e. The molecule has 1 aromatic heterocycles. The van der Waals surface area contributed by atoms with Crippen LogP contribution >= 0.6 is 0 Å². The van der Waals surface area contributed by atoms with E-state index in [1.54, 1.807) is 4.98 Å². The van der Waals surface area contributed by atoms with E-state index in [0.717, 1.165) is 4.57 Å². The fourth-order valence-corrected chi connectivity index (χ4v) is 1.43. The van der Waals surface area contributed by atoms with Gasteiger partial charge in [-0.2, -0.15) is 18.4 Å². The van der Waals surface area contributed by atoms with Crippen molar-refractivity contribution in [3.63, 3.8) is 0 Å². The highest BCUT2D eigenvalue weighted by molar-refractivity contribution is 5.39. The largest absolute Gasteiger partial charge is 0.432 e. The molecule has 4 nitrogen and oxygen atoms in total. The number of imidazole rings is 1. The van der Waals surface area contributed by atoms with Crippen LogP contribution < -0.4 is 5.69 Å². The Hall–Kier alpha value is -2.49. The zero-order valence-electron chi connectivity index (χ0n) is 8.82. The normalized spacial score (nSPS) is 11.2. The van der Waals surface area contributed by atoms with Gasteiger partial charge in [0.15, 0.2) is 0 Å². The lowest BCUT2D eigenvalue weighted by atomic mass is 10.2. The number of alkyl halides is 3. The Bertz CT molecular complexity index is 659. The molecular formula is C11H6F3N3O. The number of nitriles is 1. The summed E-state index contributed by atoms with van der Waals surface area (Å²) in [5, 5.41) is 8.59. The summed E-state index contributed by atoms with van der Waals surface area (Å²) in [7, 11) is 0. The first-order chi connectivity index (χ1) is 8.41. The molecule has 0 amide bonds. The van der Waals surface area contributed by atoms with E-state index in [2.05, 4.69) is 0 Å². The predicted molar refractivity (Wildman–Crippen MR) is 56.1 cm³/mol. The molecule has 0 unspecified atom stereocenters. The van der Waals surface area contributed by atoms with Gasteiger partial charge in [0, 0.05) is 6.20 Å². The number of nitrogens with one attached hydrogen (secondary N) is 1. The maximum atomic E-state index is 12.4. The lowest BCUT2D eigenvalue weighted by molar-refractivity contribution is -0.141. The summed E-state index contributed by atoms with van der Waals surface area (Å²) < 4.78 is 38.0. The Morgan fingerprint density at radius 3 is 2.28 bits per heavy atom. The molecular weight excluding hydrogens is 247 g/mol. The second-order valence-corrected chi connectivity index (χ2v) is 3.50. The molecule has 0 bridgehead atoms. The van der Waals surface area contributed by atoms with Crippen LogP contribution in [0.3, 0.4) is 0 Å². The first-order valence-electron chi connectivity index (χ1n) is 4.81. The molecule has 2 rings (SSSR count). The molecule has 0 spiro atoms. The number of aromatic amines is 1. The van der Waals surface area contributed by atoms with Crippen molar-refractivity contribution in [2.24, 2.45) is 0 Å². The van der Waals surface area contributed by atoms with Crippen molar-refractivity contribution in [1.29, 1.82) is 5.26 Å². The van der Waals surface area contributed by atoms with Gasteiger partial charge in [0.25, 0.3) is 0 Å². The topological polar surface area (TPSA) is 61.6 Å². The molecule has 1 N–H and O–H groups in total. The molecule has 92 valence electrons. The second kappa shape index (κ2) is 4.07. The number of hydrogen-bond donors (Lipinski definition) is 1. The Kier molecular flexibility index (Phi) is 2.71. The molecule has 0 saturated heterocycles. The van der Waals surface area contributed by atoms with E-state index < -0.39 is 17.6 Å². The first kappa shape index (κ1) is 12.0. The molecule has 0 aliphatic carbocycles. The van der Waals surface area contributed by atoms with Crippen LogP contribution in [0.5, 0.6) is 0 Å². The monoisotopic (exact) mass is 253 g/mol. The Balaban J connectivity index is 2.48. The standard InChI is InChI=1S/C11H6F3N3O/c12-11(13,14)9-6-17(10(18)16-9)8-3-1-7(5-15)2-4-8/h1-4,6H,(H,16,18). The highest BCUT2D eigenvalue weighted by Crippen LogP contribution is 2.27. The second-order valence-electron chi connectivity index (χ2n) is 3.50. The van der Waals surface area contributed by atoms with Gasteiger partial charge >= 0.3 is 11.9 Å². The van der Waals surface area contributed by atoms with Crippen LogP contribution in [0.2, 0.25) is 0 Å². The summed E-state index contributed by atoms with van der Waals surface area (Å²) >= 11 is 0. The van der Waals surface area contributed by atoms with Crippen molar-refractivity contribution in [2.45, 2.75) is 6.18 Å². The van der Waals surface area contributed by atoms with E-state index in [-0.39, 0.29) is 5.69 Å². The minimum atomic E-state index is -4.60. The van der Waals surface area contributed by atoms with Gasteiger partial charge in [-0.3, -0.25) is 4.57 Å². The molecule has 0 saturated carbocycles. The van der Waals surface area contributed by atoms with Gasteiger partial charge < -0.3 is 4.98 Å². The zero-order chi connectivity index (χ0) is 13.3. The third kappa shape index (κ3) is 2.13. The highest BCUT2D eigenvalue weighted by atomic mass is 19.4. The molecule has 0 atom stereocenters. The fraction of sp³-hybridized carbons (Fsp3) is 0.0909. The van der Waals surface area contributed by atoms with Crippen LogP contribution in [-0.4, -0.2) is 9.55 Å². The molecule has 0 aliphatic rings. The number of hydrogen-bond acceptors (Lipinski definition) is 2. The van der Waals surface area contributed by atoms with Gasteiger partial charge in [0.2, 0.25) is 0 Å². The van der Waals surface area contributed by atoms with Crippen molar-refractivity contribution in [2.75, 3.05) is 0 Å². The Morgan fingerprint density at radius 1 is 1.22 bits per heavy atom. The molecule has 0 fully saturated rings. The van der Waals surface area contributed by atoms with E-state index in [1.165, 1.54) is 24.3 Å². The maximum Gasteiger partial charge on any atom is 0.432 e. The number of aromatic nitrogens is 2. The molecule has 1 heterocycles. The Morgan fingerprint density at radius 2 is 1.83 bits per heavy atom. The van der Waals surface area contributed by atoms with Crippen molar-refractivity contribution in [3.8, 4) is 11.8 Å². The van der Waals surface area contributed by atoms with Gasteiger partial charge in [0.1, 0.15) is 5.69 Å². The van der Waals surface area contributed by atoms with E-state index in [1.807, 2.05) is 6.07 Å². The number of benzene rings is 1. The molecule has 18 heavy (non-hydrogen) atoms. The number of halogens is 3. The van der Waals surface area contributed by atoms with Crippen molar-refractivity contribution in [3.05, 3.63) is 52.2 Å². The van der Waals surface area contributed by atoms with Crippen LogP contribution in [0, 0.1) is 11.3 Å². The summed E-state index contributed by atoms with van der Waals surface area (Å²) in [6.45, 7) is 0. The van der Waals surface area contributed by atoms with Crippen molar-refractivity contribution < 1.29 is 13.2 Å². The summed E-state index contributed by atoms with van der Waals surface area (Å²) in [6, 6.07) is 7.51. The molecule has 1 aromatic carbocycles. The van der Waals surface area contributed by atoms with Crippen LogP contribution in [0.25, 0.3) is 5.69 Å². The lowest BCUT2D eigenvalue weighted by Crippen LogP contribution is -2.14. The van der Waals surface area contributed by atoms with Crippen molar-refractivity contribution in [1.82, 2.24) is 9.55 Å². The highest BCUT2D eigenvalue weighted by Gasteiger charge is 2.33. The van der Waals surface area contributed by atoms with E-state index in [0.29, 0.717) is 11.8 Å². The minimum Gasteiger partial charge on any atom is -0.302 e. The zero-order valence-corrected chi connectivity index (χ0v) is 8.82. The van der Waals surface area contributed by atoms with Crippen molar-refractivity contribution >= 4 is 0 Å². The summed E-state index contributed by atoms with van der Waals surface area (Å²) in [6.07, 6.45) is -3.92. The molecule has 0 radical (unpaired) electrons. The van der Waals surface area contributed by atoms with Crippen LogP contribution in [0.4, 0.5) is 13.2 Å². The van der Waals surface area contributed by atoms with Gasteiger partial charge in [-0.05, 0) is 24.3 Å². The van der Waals surface area contributed by atoms with E-state index in [4.69, 9.17) is 5.26 Å². The van der Waals surface area contributed by atoms with Crippen LogP contribution in [-0.2, 0) is 6.18 Å². The summed E-state index contributed by atoms with van der Waals surface area (Å²) in [4.78, 5) is 13.1. The quantitative estimate of drug-likeness (QED) is 0.845. The first-order valence-corrected chi connectivity index (χ1v) is 4.81. The SMILES string of the molecule is N#Cc1ccc(-n2cc(C(F)(F)F)[nH]c2=O)cc1. The van der Waals surface area contributed by atoms with Gasteiger partial charge in [0.05, 0.1) is 17.3 Å². The number of rotatable bonds is 1. The predicted octanol–water partition coefficient (Wildman–Crippen LogP) is 2.06. The van der Waals surface area contributed by atoms with Crippen LogP contribution in [0.1, 0.15) is 11.3 Å². The third-order valence-corrected chi connectivity index (χ3v) is 2.30. The molecule has 7 heteroatoms. The van der Waals surface area contributed by atoms with Crippen LogP contribution in [0.15, 0.2) is 35.3 Å². The average molecular weight is 253 g/mol. The van der Waals surface area contributed by atoms with Gasteiger partial charge in [-0.1, -0.05) is 0 Å². The number of H-pyrrole nitrogens is 1.